The molecule has 2 amide bonds. The number of carbonyl (C=O) groups is 2. The van der Waals surface area contributed by atoms with Crippen LogP contribution < -0.4 is 5.32 Å². The Morgan fingerprint density at radius 1 is 1.42 bits per heavy atom. The average Bonchev–Trinajstić information content (AvgIpc) is 3.08. The SMILES string of the molecule is Cc1n[nH]c(C)c1NC(=O)C1CC(=O)N(C2CC2)C1. The van der Waals surface area contributed by atoms with Crippen LogP contribution in [0, 0.1) is 19.8 Å². The van der Waals surface area contributed by atoms with Gasteiger partial charge in [-0.1, -0.05) is 0 Å². The molecule has 1 saturated carbocycles. The van der Waals surface area contributed by atoms with Crippen LogP contribution in [0.2, 0.25) is 0 Å². The van der Waals surface area contributed by atoms with Crippen LogP contribution in [0.3, 0.4) is 0 Å². The van der Waals surface area contributed by atoms with Gasteiger partial charge >= 0.3 is 0 Å². The summed E-state index contributed by atoms with van der Waals surface area (Å²) in [6, 6.07) is 0.391. The molecule has 1 aliphatic carbocycles. The molecule has 1 atom stereocenters. The maximum Gasteiger partial charge on any atom is 0.229 e. The van der Waals surface area contributed by atoms with Crippen molar-refractivity contribution in [3.8, 4) is 0 Å². The molecule has 0 radical (unpaired) electrons. The molecule has 1 aliphatic heterocycles. The van der Waals surface area contributed by atoms with Gasteiger partial charge in [0.15, 0.2) is 0 Å². The predicted octanol–water partition coefficient (Wildman–Crippen LogP) is 0.976. The smallest absolute Gasteiger partial charge is 0.229 e. The maximum atomic E-state index is 12.2. The van der Waals surface area contributed by atoms with E-state index in [1.54, 1.807) is 0 Å². The molecule has 1 unspecified atom stereocenters. The van der Waals surface area contributed by atoms with E-state index >= 15 is 0 Å². The molecule has 102 valence electrons. The topological polar surface area (TPSA) is 78.1 Å². The number of aromatic amines is 1. The zero-order chi connectivity index (χ0) is 13.6. The number of likely N-dealkylation sites (tertiary alicyclic amines) is 1. The summed E-state index contributed by atoms with van der Waals surface area (Å²) in [4.78, 5) is 25.9. The van der Waals surface area contributed by atoms with E-state index < -0.39 is 0 Å². The molecule has 2 aliphatic rings. The normalized spacial score (nSPS) is 22.9. The monoisotopic (exact) mass is 262 g/mol. The number of aromatic nitrogens is 2. The van der Waals surface area contributed by atoms with Crippen LogP contribution in [0.1, 0.15) is 30.7 Å². The van der Waals surface area contributed by atoms with Gasteiger partial charge in [-0.05, 0) is 26.7 Å². The lowest BCUT2D eigenvalue weighted by molar-refractivity contribution is -0.128. The number of aryl methyl sites for hydroxylation is 2. The van der Waals surface area contributed by atoms with Gasteiger partial charge in [0.25, 0.3) is 0 Å². The summed E-state index contributed by atoms with van der Waals surface area (Å²) in [7, 11) is 0. The van der Waals surface area contributed by atoms with Gasteiger partial charge in [0.05, 0.1) is 23.0 Å². The van der Waals surface area contributed by atoms with Crippen molar-refractivity contribution >= 4 is 17.5 Å². The summed E-state index contributed by atoms with van der Waals surface area (Å²) in [6.07, 6.45) is 2.50. The quantitative estimate of drug-likeness (QED) is 0.852. The molecule has 0 aromatic carbocycles. The number of anilines is 1. The predicted molar refractivity (Wildman–Crippen MR) is 69.5 cm³/mol. The van der Waals surface area contributed by atoms with Gasteiger partial charge in [0.2, 0.25) is 11.8 Å². The zero-order valence-corrected chi connectivity index (χ0v) is 11.2. The molecule has 3 rings (SSSR count). The highest BCUT2D eigenvalue weighted by atomic mass is 16.2. The number of carbonyl (C=O) groups excluding carboxylic acids is 2. The Morgan fingerprint density at radius 2 is 2.16 bits per heavy atom. The fourth-order valence-corrected chi connectivity index (χ4v) is 2.61. The average molecular weight is 262 g/mol. The number of nitrogens with zero attached hydrogens (tertiary/aromatic N) is 2. The largest absolute Gasteiger partial charge is 0.339 e. The minimum absolute atomic E-state index is 0.0795. The number of hydrogen-bond donors (Lipinski definition) is 2. The Hall–Kier alpha value is -1.85. The van der Waals surface area contributed by atoms with E-state index in [9.17, 15) is 9.59 Å². The van der Waals surface area contributed by atoms with Crippen molar-refractivity contribution in [2.45, 2.75) is 39.2 Å². The van der Waals surface area contributed by atoms with Gasteiger partial charge < -0.3 is 10.2 Å². The van der Waals surface area contributed by atoms with E-state index in [0.717, 1.165) is 29.9 Å². The van der Waals surface area contributed by atoms with Crippen molar-refractivity contribution < 1.29 is 9.59 Å². The van der Waals surface area contributed by atoms with Crippen LogP contribution in [0.5, 0.6) is 0 Å². The Morgan fingerprint density at radius 3 is 2.74 bits per heavy atom. The summed E-state index contributed by atoms with van der Waals surface area (Å²) >= 11 is 0. The van der Waals surface area contributed by atoms with Crippen LogP contribution in [0.15, 0.2) is 0 Å². The number of amides is 2. The Kier molecular flexibility index (Phi) is 2.80. The molecule has 2 fully saturated rings. The summed E-state index contributed by atoms with van der Waals surface area (Å²) in [6.45, 7) is 4.27. The Bertz CT molecular complexity index is 513. The molecule has 1 aromatic rings. The van der Waals surface area contributed by atoms with E-state index in [1.807, 2.05) is 18.7 Å². The van der Waals surface area contributed by atoms with Crippen LogP contribution in [0.25, 0.3) is 0 Å². The van der Waals surface area contributed by atoms with Gasteiger partial charge in [-0.15, -0.1) is 0 Å². The van der Waals surface area contributed by atoms with Crippen molar-refractivity contribution in [2.75, 3.05) is 11.9 Å². The maximum absolute atomic E-state index is 12.2. The van der Waals surface area contributed by atoms with Crippen LogP contribution in [0.4, 0.5) is 5.69 Å². The zero-order valence-electron chi connectivity index (χ0n) is 11.2. The number of rotatable bonds is 3. The van der Waals surface area contributed by atoms with E-state index in [-0.39, 0.29) is 17.7 Å². The van der Waals surface area contributed by atoms with Gasteiger partial charge in [-0.25, -0.2) is 0 Å². The molecular formula is C13H18N4O2. The van der Waals surface area contributed by atoms with Crippen molar-refractivity contribution in [3.63, 3.8) is 0 Å². The lowest BCUT2D eigenvalue weighted by Gasteiger charge is -2.15. The third kappa shape index (κ3) is 2.22. The second-order valence-corrected chi connectivity index (χ2v) is 5.48. The number of nitrogens with one attached hydrogen (secondary N) is 2. The van der Waals surface area contributed by atoms with Crippen molar-refractivity contribution in [1.82, 2.24) is 15.1 Å². The summed E-state index contributed by atoms with van der Waals surface area (Å²) in [5.74, 6) is -0.200. The third-order valence-electron chi connectivity index (χ3n) is 3.89. The molecule has 2 heterocycles. The lowest BCUT2D eigenvalue weighted by Crippen LogP contribution is -2.30. The number of hydrogen-bond acceptors (Lipinski definition) is 3. The number of H-pyrrole nitrogens is 1. The summed E-state index contributed by atoms with van der Waals surface area (Å²) in [5, 5.41) is 9.77. The fourth-order valence-electron chi connectivity index (χ4n) is 2.61. The fraction of sp³-hybridized carbons (Fsp3) is 0.615. The van der Waals surface area contributed by atoms with Gasteiger partial charge in [0.1, 0.15) is 0 Å². The van der Waals surface area contributed by atoms with E-state index in [4.69, 9.17) is 0 Å². The lowest BCUT2D eigenvalue weighted by atomic mass is 10.1. The summed E-state index contributed by atoms with van der Waals surface area (Å²) in [5.41, 5.74) is 2.35. The first-order chi connectivity index (χ1) is 9.06. The van der Waals surface area contributed by atoms with Gasteiger partial charge in [-0.2, -0.15) is 5.10 Å². The second-order valence-electron chi connectivity index (χ2n) is 5.48. The molecular weight excluding hydrogens is 244 g/mol. The van der Waals surface area contributed by atoms with Crippen molar-refractivity contribution in [3.05, 3.63) is 11.4 Å². The molecule has 6 nitrogen and oxygen atoms in total. The van der Waals surface area contributed by atoms with Gasteiger partial charge in [-0.3, -0.25) is 14.7 Å². The minimum Gasteiger partial charge on any atom is -0.339 e. The first-order valence-electron chi connectivity index (χ1n) is 6.68. The molecule has 0 bridgehead atoms. The van der Waals surface area contributed by atoms with E-state index in [0.29, 0.717) is 19.0 Å². The molecule has 1 saturated heterocycles. The molecule has 19 heavy (non-hydrogen) atoms. The Balaban J connectivity index is 1.67. The summed E-state index contributed by atoms with van der Waals surface area (Å²) < 4.78 is 0. The van der Waals surface area contributed by atoms with Crippen LogP contribution >= 0.6 is 0 Å². The van der Waals surface area contributed by atoms with Gasteiger partial charge in [0, 0.05) is 19.0 Å². The van der Waals surface area contributed by atoms with E-state index in [2.05, 4.69) is 15.5 Å². The molecule has 2 N–H and O–H groups in total. The molecule has 6 heteroatoms. The Labute approximate surface area is 111 Å². The minimum atomic E-state index is -0.234. The highest BCUT2D eigenvalue weighted by Crippen LogP contribution is 2.33. The van der Waals surface area contributed by atoms with Crippen molar-refractivity contribution in [1.29, 1.82) is 0 Å². The molecule has 0 spiro atoms. The van der Waals surface area contributed by atoms with Crippen LogP contribution in [-0.2, 0) is 9.59 Å². The second kappa shape index (κ2) is 4.36. The first kappa shape index (κ1) is 12.2. The first-order valence-corrected chi connectivity index (χ1v) is 6.68. The highest BCUT2D eigenvalue weighted by molar-refractivity contribution is 5.98. The van der Waals surface area contributed by atoms with E-state index in [1.165, 1.54) is 0 Å². The van der Waals surface area contributed by atoms with Crippen LogP contribution in [-0.4, -0.2) is 39.5 Å². The van der Waals surface area contributed by atoms with Crippen molar-refractivity contribution in [2.24, 2.45) is 5.92 Å². The third-order valence-corrected chi connectivity index (χ3v) is 3.89. The highest BCUT2D eigenvalue weighted by Gasteiger charge is 2.41. The molecule has 1 aromatic heterocycles. The standard InChI is InChI=1S/C13H18N4O2/c1-7-12(8(2)16-15-7)14-13(19)9-5-11(18)17(6-9)10-3-4-10/h9-10H,3-6H2,1-2H3,(H,14,19)(H,15,16).